The molecule has 0 aliphatic carbocycles. The highest BCUT2D eigenvalue weighted by molar-refractivity contribution is 5.79. The maximum atomic E-state index is 10.2. The quantitative estimate of drug-likeness (QED) is 0.683. The summed E-state index contributed by atoms with van der Waals surface area (Å²) in [5, 5.41) is 16.1. The number of nitrogens with one attached hydrogen (secondary N) is 1. The maximum absolute atomic E-state index is 10.2. The van der Waals surface area contributed by atoms with Crippen molar-refractivity contribution in [3.63, 3.8) is 0 Å². The van der Waals surface area contributed by atoms with E-state index in [0.717, 1.165) is 16.5 Å². The molecule has 1 aromatic heterocycles. The van der Waals surface area contributed by atoms with Gasteiger partial charge in [0.1, 0.15) is 6.42 Å². The molecule has 74 valence electrons. The molecule has 0 bridgehead atoms. The van der Waals surface area contributed by atoms with Gasteiger partial charge in [-0.25, -0.2) is 0 Å². The maximum Gasteiger partial charge on any atom is 0.315 e. The average Bonchev–Trinajstić information content (AvgIpc) is 2.64. The number of carbonyl (C=O) groups is 1. The summed E-state index contributed by atoms with van der Waals surface area (Å²) < 4.78 is 0. The second-order valence-electron chi connectivity index (χ2n) is 3.04. The second-order valence-corrected chi connectivity index (χ2v) is 3.04. The minimum atomic E-state index is -0.912. The highest BCUT2D eigenvalue weighted by atomic mass is 16.4. The van der Waals surface area contributed by atoms with Crippen LogP contribution in [0.1, 0.15) is 12.0 Å². The molecular formula is C11H8N2O2. The van der Waals surface area contributed by atoms with Gasteiger partial charge in [0.2, 0.25) is 0 Å². The number of nitrogens with zero attached hydrogens (tertiary/aromatic N) is 1. The molecule has 1 heterocycles. The van der Waals surface area contributed by atoms with Crippen LogP contribution in [0.15, 0.2) is 24.4 Å². The van der Waals surface area contributed by atoms with Gasteiger partial charge in [-0.05, 0) is 18.2 Å². The van der Waals surface area contributed by atoms with Gasteiger partial charge in [-0.1, -0.05) is 11.8 Å². The molecule has 0 fully saturated rings. The summed E-state index contributed by atoms with van der Waals surface area (Å²) in [5.74, 6) is 4.44. The molecule has 0 atom stereocenters. The van der Waals surface area contributed by atoms with E-state index in [1.807, 2.05) is 18.2 Å². The molecule has 0 aliphatic heterocycles. The number of hydrogen-bond acceptors (Lipinski definition) is 2. The van der Waals surface area contributed by atoms with Crippen molar-refractivity contribution in [2.24, 2.45) is 0 Å². The van der Waals surface area contributed by atoms with Crippen LogP contribution in [0, 0.1) is 11.8 Å². The lowest BCUT2D eigenvalue weighted by atomic mass is 10.2. The first kappa shape index (κ1) is 9.28. The first-order chi connectivity index (χ1) is 7.25. The van der Waals surface area contributed by atoms with E-state index >= 15 is 0 Å². The van der Waals surface area contributed by atoms with E-state index in [4.69, 9.17) is 5.11 Å². The topological polar surface area (TPSA) is 66.0 Å². The van der Waals surface area contributed by atoms with Gasteiger partial charge in [0.15, 0.2) is 0 Å². The predicted molar refractivity (Wildman–Crippen MR) is 55.2 cm³/mol. The van der Waals surface area contributed by atoms with Gasteiger partial charge in [0.05, 0.1) is 11.7 Å². The van der Waals surface area contributed by atoms with Crippen LogP contribution in [0.4, 0.5) is 0 Å². The molecule has 0 unspecified atom stereocenters. The number of fused-ring (bicyclic) bond motifs is 1. The van der Waals surface area contributed by atoms with E-state index in [-0.39, 0.29) is 6.42 Å². The molecule has 4 heteroatoms. The predicted octanol–water partition coefficient (Wildman–Crippen LogP) is 1.39. The summed E-state index contributed by atoms with van der Waals surface area (Å²) in [6.45, 7) is 0. The number of benzene rings is 1. The SMILES string of the molecule is O=C(O)CC#Cc1ccc2cn[nH]c2c1. The van der Waals surface area contributed by atoms with E-state index < -0.39 is 5.97 Å². The Morgan fingerprint density at radius 1 is 1.53 bits per heavy atom. The monoisotopic (exact) mass is 200 g/mol. The standard InChI is InChI=1S/C11H8N2O2/c14-11(15)3-1-2-8-4-5-9-7-12-13-10(9)6-8/h4-7H,3H2,(H,12,13)(H,14,15). The van der Waals surface area contributed by atoms with Gasteiger partial charge < -0.3 is 5.11 Å². The molecule has 1 aromatic carbocycles. The number of H-pyrrole nitrogens is 1. The van der Waals surface area contributed by atoms with Gasteiger partial charge in [0.25, 0.3) is 0 Å². The summed E-state index contributed by atoms with van der Waals surface area (Å²) in [6, 6.07) is 5.58. The normalized spacial score (nSPS) is 9.60. The van der Waals surface area contributed by atoms with Crippen molar-refractivity contribution in [3.8, 4) is 11.8 Å². The minimum Gasteiger partial charge on any atom is -0.481 e. The fourth-order valence-corrected chi connectivity index (χ4v) is 1.24. The molecule has 0 spiro atoms. The van der Waals surface area contributed by atoms with Crippen LogP contribution in [0.3, 0.4) is 0 Å². The Hall–Kier alpha value is -2.28. The number of carboxylic acid groups (broad SMARTS) is 1. The zero-order valence-corrected chi connectivity index (χ0v) is 7.82. The van der Waals surface area contributed by atoms with Crippen molar-refractivity contribution >= 4 is 16.9 Å². The van der Waals surface area contributed by atoms with E-state index in [1.165, 1.54) is 0 Å². The summed E-state index contributed by atoms with van der Waals surface area (Å²) >= 11 is 0. The number of aliphatic carboxylic acids is 1. The Morgan fingerprint density at radius 3 is 3.20 bits per heavy atom. The first-order valence-electron chi connectivity index (χ1n) is 4.39. The first-order valence-corrected chi connectivity index (χ1v) is 4.39. The summed E-state index contributed by atoms with van der Waals surface area (Å²) in [7, 11) is 0. The fourth-order valence-electron chi connectivity index (χ4n) is 1.24. The molecule has 0 radical (unpaired) electrons. The fraction of sp³-hybridized carbons (Fsp3) is 0.0909. The Labute approximate surface area is 85.9 Å². The van der Waals surface area contributed by atoms with Gasteiger partial charge >= 0.3 is 5.97 Å². The van der Waals surface area contributed by atoms with E-state index in [2.05, 4.69) is 22.0 Å². The third-order valence-corrected chi connectivity index (χ3v) is 1.91. The molecule has 2 aromatic rings. The highest BCUT2D eigenvalue weighted by Crippen LogP contribution is 2.11. The van der Waals surface area contributed by atoms with Gasteiger partial charge in [-0.3, -0.25) is 9.89 Å². The summed E-state index contributed by atoms with van der Waals surface area (Å²) in [5.41, 5.74) is 1.69. The van der Waals surface area contributed by atoms with Crippen molar-refractivity contribution in [1.82, 2.24) is 10.2 Å². The zero-order chi connectivity index (χ0) is 10.7. The minimum absolute atomic E-state index is 0.138. The van der Waals surface area contributed by atoms with Crippen LogP contribution in [-0.2, 0) is 4.79 Å². The van der Waals surface area contributed by atoms with Crippen LogP contribution in [0.5, 0.6) is 0 Å². The van der Waals surface area contributed by atoms with E-state index in [9.17, 15) is 4.79 Å². The Morgan fingerprint density at radius 2 is 2.40 bits per heavy atom. The molecule has 15 heavy (non-hydrogen) atoms. The molecule has 2 N–H and O–H groups in total. The molecule has 0 amide bonds. The second kappa shape index (κ2) is 3.84. The lowest BCUT2D eigenvalue weighted by molar-refractivity contribution is -0.135. The Balaban J connectivity index is 2.27. The lowest BCUT2D eigenvalue weighted by Crippen LogP contribution is -1.90. The van der Waals surface area contributed by atoms with Crippen LogP contribution in [0.25, 0.3) is 10.9 Å². The smallest absolute Gasteiger partial charge is 0.315 e. The molecule has 0 saturated heterocycles. The van der Waals surface area contributed by atoms with Crippen LogP contribution < -0.4 is 0 Å². The van der Waals surface area contributed by atoms with Crippen molar-refractivity contribution in [2.45, 2.75) is 6.42 Å². The van der Waals surface area contributed by atoms with Crippen molar-refractivity contribution in [1.29, 1.82) is 0 Å². The van der Waals surface area contributed by atoms with Gasteiger partial charge in [-0.15, -0.1) is 0 Å². The summed E-state index contributed by atoms with van der Waals surface area (Å²) in [6.07, 6.45) is 1.59. The number of hydrogen-bond donors (Lipinski definition) is 2. The van der Waals surface area contributed by atoms with Crippen LogP contribution in [0.2, 0.25) is 0 Å². The number of carboxylic acids is 1. The highest BCUT2D eigenvalue weighted by Gasteiger charge is 1.95. The van der Waals surface area contributed by atoms with Crippen molar-refractivity contribution in [2.75, 3.05) is 0 Å². The molecule has 0 saturated carbocycles. The van der Waals surface area contributed by atoms with Crippen molar-refractivity contribution in [3.05, 3.63) is 30.0 Å². The number of rotatable bonds is 1. The third kappa shape index (κ3) is 2.15. The Kier molecular flexibility index (Phi) is 2.38. The van der Waals surface area contributed by atoms with Gasteiger partial charge in [-0.2, -0.15) is 5.10 Å². The largest absolute Gasteiger partial charge is 0.481 e. The number of aromatic nitrogens is 2. The molecule has 2 rings (SSSR count). The van der Waals surface area contributed by atoms with Gasteiger partial charge in [0, 0.05) is 10.9 Å². The third-order valence-electron chi connectivity index (χ3n) is 1.91. The van der Waals surface area contributed by atoms with Crippen LogP contribution >= 0.6 is 0 Å². The molecule has 0 aliphatic rings. The molecular weight excluding hydrogens is 192 g/mol. The molecule has 4 nitrogen and oxygen atoms in total. The Bertz CT molecular complexity index is 560. The van der Waals surface area contributed by atoms with Crippen LogP contribution in [-0.4, -0.2) is 21.3 Å². The lowest BCUT2D eigenvalue weighted by Gasteiger charge is -1.90. The zero-order valence-electron chi connectivity index (χ0n) is 7.82. The van der Waals surface area contributed by atoms with E-state index in [1.54, 1.807) is 6.20 Å². The van der Waals surface area contributed by atoms with Crippen molar-refractivity contribution < 1.29 is 9.90 Å². The summed E-state index contributed by atoms with van der Waals surface area (Å²) in [4.78, 5) is 10.2. The average molecular weight is 200 g/mol. The number of aromatic amines is 1. The van der Waals surface area contributed by atoms with E-state index in [0.29, 0.717) is 0 Å².